The van der Waals surface area contributed by atoms with Crippen LogP contribution in [0.15, 0.2) is 78.9 Å². The second-order valence-electron chi connectivity index (χ2n) is 23.2. The molecule has 0 spiro atoms. The SMILES string of the molecule is CC(C)(C)OC(=O)CC[C@H](NC(=O)N[C@@H](CCCCNC(=O)[C@H](Cc1ccccc1)NC(=O)COc1ccc(C[C@H](CC(=O)CNC(=O)c2ccc(OCCF)cc2)C(=O)OC(C)(C)C)cc1)C(C)(C)C)C(=O)OC(C)(C)C. The largest absolute Gasteiger partial charge is 0.491 e. The number of ether oxygens (including phenoxy) is 5. The Morgan fingerprint density at radius 2 is 1.15 bits per heavy atom. The van der Waals surface area contributed by atoms with E-state index in [1.165, 1.54) is 24.3 Å². The summed E-state index contributed by atoms with van der Waals surface area (Å²) in [5, 5.41) is 14.0. The summed E-state index contributed by atoms with van der Waals surface area (Å²) in [6, 6.07) is 19.0. The summed E-state index contributed by atoms with van der Waals surface area (Å²) < 4.78 is 40.0. The average Bonchev–Trinajstić information content (AvgIpc) is 3.33. The van der Waals surface area contributed by atoms with Crippen molar-refractivity contribution in [2.45, 2.75) is 169 Å². The van der Waals surface area contributed by atoms with Gasteiger partial charge in [0, 0.05) is 37.4 Å². The maximum absolute atomic E-state index is 13.7. The van der Waals surface area contributed by atoms with E-state index in [9.17, 15) is 42.7 Å². The Labute approximate surface area is 459 Å². The summed E-state index contributed by atoms with van der Waals surface area (Å²) in [5.41, 5.74) is -0.976. The summed E-state index contributed by atoms with van der Waals surface area (Å²) in [5.74, 6) is -3.73. The molecule has 78 heavy (non-hydrogen) atoms. The van der Waals surface area contributed by atoms with Gasteiger partial charge in [0.2, 0.25) is 5.91 Å². The van der Waals surface area contributed by atoms with Crippen LogP contribution in [-0.2, 0) is 55.8 Å². The Hall–Kier alpha value is -7.05. The molecule has 3 aromatic rings. The van der Waals surface area contributed by atoms with E-state index >= 15 is 0 Å². The molecule has 0 radical (unpaired) electrons. The number of urea groups is 1. The molecule has 3 rings (SSSR count). The highest BCUT2D eigenvalue weighted by Crippen LogP contribution is 2.25. The van der Waals surface area contributed by atoms with Crippen molar-refractivity contribution in [1.82, 2.24) is 26.6 Å². The van der Waals surface area contributed by atoms with Gasteiger partial charge in [-0.3, -0.25) is 28.8 Å². The first-order valence-corrected chi connectivity index (χ1v) is 26.6. The van der Waals surface area contributed by atoms with Gasteiger partial charge in [-0.05, 0) is 147 Å². The lowest BCUT2D eigenvalue weighted by Gasteiger charge is -2.32. The van der Waals surface area contributed by atoms with Crippen LogP contribution in [0.2, 0.25) is 0 Å². The van der Waals surface area contributed by atoms with Gasteiger partial charge in [-0.15, -0.1) is 0 Å². The number of nitrogens with one attached hydrogen (secondary N) is 5. The zero-order valence-electron chi connectivity index (χ0n) is 47.7. The molecule has 0 aromatic heterocycles. The van der Waals surface area contributed by atoms with E-state index in [0.717, 1.165) is 5.56 Å². The molecule has 0 aliphatic heterocycles. The van der Waals surface area contributed by atoms with Crippen molar-refractivity contribution in [3.63, 3.8) is 0 Å². The summed E-state index contributed by atoms with van der Waals surface area (Å²) in [6.45, 7) is 20.3. The summed E-state index contributed by atoms with van der Waals surface area (Å²) in [7, 11) is 0. The van der Waals surface area contributed by atoms with Gasteiger partial charge in [0.05, 0.1) is 12.5 Å². The van der Waals surface area contributed by atoms with E-state index in [0.29, 0.717) is 36.3 Å². The Morgan fingerprint density at radius 3 is 1.74 bits per heavy atom. The number of ketones is 1. The molecule has 0 heterocycles. The fraction of sp³-hybridized carbons (Fsp3) is 0.559. The van der Waals surface area contributed by atoms with Crippen molar-refractivity contribution < 1.29 is 66.4 Å². The molecule has 5 amide bonds. The Morgan fingerprint density at radius 1 is 0.577 bits per heavy atom. The number of esters is 3. The van der Waals surface area contributed by atoms with Crippen LogP contribution in [0.25, 0.3) is 0 Å². The highest BCUT2D eigenvalue weighted by Gasteiger charge is 2.32. The van der Waals surface area contributed by atoms with E-state index in [4.69, 9.17) is 23.7 Å². The third kappa shape index (κ3) is 26.8. The molecule has 0 fully saturated rings. The number of carbonyl (C=O) groups excluding carboxylic acids is 8. The molecular weight excluding hydrogens is 1010 g/mol. The topological polar surface area (TPSA) is 243 Å². The lowest BCUT2D eigenvalue weighted by Crippen LogP contribution is -2.53. The van der Waals surface area contributed by atoms with Gasteiger partial charge in [0.15, 0.2) is 12.4 Å². The fourth-order valence-electron chi connectivity index (χ4n) is 7.73. The molecule has 0 saturated carbocycles. The average molecular weight is 1090 g/mol. The van der Waals surface area contributed by atoms with Gasteiger partial charge >= 0.3 is 23.9 Å². The predicted octanol–water partition coefficient (Wildman–Crippen LogP) is 7.86. The van der Waals surface area contributed by atoms with Crippen molar-refractivity contribution in [1.29, 1.82) is 0 Å². The zero-order valence-corrected chi connectivity index (χ0v) is 47.7. The minimum Gasteiger partial charge on any atom is -0.491 e. The number of rotatable bonds is 29. The number of hydrogen-bond donors (Lipinski definition) is 5. The molecule has 4 atom stereocenters. The van der Waals surface area contributed by atoms with Crippen molar-refractivity contribution in [2.24, 2.45) is 11.3 Å². The van der Waals surface area contributed by atoms with Crippen molar-refractivity contribution in [2.75, 3.05) is 33.0 Å². The Balaban J connectivity index is 1.57. The van der Waals surface area contributed by atoms with Crippen molar-refractivity contribution in [3.05, 3.63) is 95.6 Å². The van der Waals surface area contributed by atoms with Crippen molar-refractivity contribution >= 4 is 47.4 Å². The van der Waals surface area contributed by atoms with Gasteiger partial charge in [0.25, 0.3) is 11.8 Å². The molecule has 0 aliphatic carbocycles. The van der Waals surface area contributed by atoms with Crippen LogP contribution in [0.4, 0.5) is 9.18 Å². The number of amides is 5. The number of alkyl halides is 1. The van der Waals surface area contributed by atoms with E-state index < -0.39 is 101 Å². The molecule has 19 heteroatoms. The van der Waals surface area contributed by atoms with Crippen molar-refractivity contribution in [3.8, 4) is 11.5 Å². The minimum absolute atomic E-state index is 0.0220. The van der Waals surface area contributed by atoms with Gasteiger partial charge in [0.1, 0.15) is 53.7 Å². The molecule has 430 valence electrons. The molecular formula is C59H84FN5O13. The monoisotopic (exact) mass is 1090 g/mol. The minimum atomic E-state index is -1.11. The number of benzene rings is 3. The molecule has 18 nitrogen and oxygen atoms in total. The normalized spacial score (nSPS) is 13.3. The quantitative estimate of drug-likeness (QED) is 0.0253. The number of halogens is 1. The second kappa shape index (κ2) is 30.8. The van der Waals surface area contributed by atoms with Gasteiger partial charge in [-0.25, -0.2) is 14.0 Å². The van der Waals surface area contributed by atoms with E-state index in [2.05, 4.69) is 26.6 Å². The predicted molar refractivity (Wildman–Crippen MR) is 293 cm³/mol. The third-order valence-electron chi connectivity index (χ3n) is 11.5. The van der Waals surface area contributed by atoms with Gasteiger partial charge < -0.3 is 50.3 Å². The highest BCUT2D eigenvalue weighted by molar-refractivity contribution is 5.97. The van der Waals surface area contributed by atoms with Crippen LogP contribution in [0, 0.1) is 11.3 Å². The molecule has 0 saturated heterocycles. The first-order valence-electron chi connectivity index (χ1n) is 26.6. The lowest BCUT2D eigenvalue weighted by atomic mass is 9.84. The smallest absolute Gasteiger partial charge is 0.329 e. The highest BCUT2D eigenvalue weighted by atomic mass is 19.1. The standard InChI is InChI=1S/C59H84FN5O13/c1-56(2,3)48(65-55(73)64-46(54(72)78-59(10,11)12)29-30-50(68)76-57(4,5)6)20-16-17-32-61-52(70)47(35-39-18-14-13-15-19-39)63-49(67)38-75-45-25-21-40(22-26-45)34-42(53(71)77-58(7,8)9)36-43(66)37-62-51(69)41-23-27-44(28-24-41)74-33-31-60/h13-15,18-19,21-28,42,46-48H,16-17,20,29-38H2,1-12H3,(H,61,70)(H,62,69)(H,63,67)(H2,64,65,73)/t42-,46+,47+,48+/m1/s1. The fourth-order valence-corrected chi connectivity index (χ4v) is 7.73. The lowest BCUT2D eigenvalue weighted by molar-refractivity contribution is -0.161. The molecule has 0 unspecified atom stereocenters. The van der Waals surface area contributed by atoms with Gasteiger partial charge in [-0.1, -0.05) is 63.2 Å². The zero-order chi connectivity index (χ0) is 58.3. The molecule has 0 bridgehead atoms. The van der Waals surface area contributed by atoms with E-state index in [1.807, 2.05) is 51.1 Å². The number of hydrogen-bond acceptors (Lipinski definition) is 13. The second-order valence-corrected chi connectivity index (χ2v) is 23.2. The first-order chi connectivity index (χ1) is 36.4. The van der Waals surface area contributed by atoms with Crippen LogP contribution in [0.3, 0.4) is 0 Å². The number of unbranched alkanes of at least 4 members (excludes halogenated alkanes) is 1. The van der Waals surface area contributed by atoms with Crippen LogP contribution in [-0.4, -0.2) is 115 Å². The first kappa shape index (κ1) is 65.2. The number of Topliss-reactive ketones (excluding diaryl/α,β-unsaturated/α-hetero) is 1. The summed E-state index contributed by atoms with van der Waals surface area (Å²) in [6.07, 6.45) is 1.69. The molecule has 0 aliphatic rings. The van der Waals surface area contributed by atoms with Crippen LogP contribution >= 0.6 is 0 Å². The van der Waals surface area contributed by atoms with E-state index in [1.54, 1.807) is 86.6 Å². The molecule has 5 N–H and O–H groups in total. The Bertz CT molecular complexity index is 2420. The van der Waals surface area contributed by atoms with Crippen LogP contribution in [0.1, 0.15) is 143 Å². The van der Waals surface area contributed by atoms with E-state index in [-0.39, 0.29) is 63.4 Å². The summed E-state index contributed by atoms with van der Waals surface area (Å²) >= 11 is 0. The number of carbonyl (C=O) groups is 8. The maximum atomic E-state index is 13.7. The Kier molecular flexibility index (Phi) is 25.7. The molecule has 3 aromatic carbocycles. The third-order valence-corrected chi connectivity index (χ3v) is 11.5. The van der Waals surface area contributed by atoms with Crippen LogP contribution < -0.4 is 36.1 Å². The summed E-state index contributed by atoms with van der Waals surface area (Å²) in [4.78, 5) is 105. The van der Waals surface area contributed by atoms with Gasteiger partial charge in [-0.2, -0.15) is 0 Å². The maximum Gasteiger partial charge on any atom is 0.329 e. The van der Waals surface area contributed by atoms with Crippen LogP contribution in [0.5, 0.6) is 11.5 Å².